The minimum Gasteiger partial charge on any atom is -0.373 e. The van der Waals surface area contributed by atoms with Gasteiger partial charge < -0.3 is 13.3 Å². The molecule has 0 fully saturated rings. The largest absolute Gasteiger partial charge is 0.510 e. The molecule has 188 valence electrons. The minimum absolute atomic E-state index is 0.0806. The Labute approximate surface area is 169 Å². The molecule has 0 aliphatic rings. The second-order valence-electron chi connectivity index (χ2n) is 6.04. The Balaban J connectivity index is 6.66. The summed E-state index contributed by atoms with van der Waals surface area (Å²) in [5, 5.41) is 0. The van der Waals surface area contributed by atoms with Crippen molar-refractivity contribution >= 4 is 8.80 Å². The first-order chi connectivity index (χ1) is 13.6. The molecule has 0 spiro atoms. The topological polar surface area (TPSA) is 27.7 Å². The summed E-state index contributed by atoms with van der Waals surface area (Å²) in [4.78, 5) is 0. The van der Waals surface area contributed by atoms with Crippen LogP contribution in [-0.4, -0.2) is 64.4 Å². The standard InChI is InChI=1S/C14H19F13O3Si/c1-5-28-31(29-6-2,30-7-3)8(4)9(15,16)10(17,18)11(19,20)12(21,22)13(23,24)14(25,26)27/h8H,5-7H2,1-4H3. The van der Waals surface area contributed by atoms with Crippen LogP contribution in [0.3, 0.4) is 0 Å². The van der Waals surface area contributed by atoms with E-state index in [1.165, 1.54) is 0 Å². The molecule has 0 aromatic heterocycles. The van der Waals surface area contributed by atoms with Gasteiger partial charge in [0.2, 0.25) is 0 Å². The van der Waals surface area contributed by atoms with Crippen molar-refractivity contribution in [2.24, 2.45) is 0 Å². The Morgan fingerprint density at radius 3 is 1.10 bits per heavy atom. The molecule has 0 aromatic carbocycles. The lowest BCUT2D eigenvalue weighted by Crippen LogP contribution is -2.72. The lowest BCUT2D eigenvalue weighted by atomic mass is 9.93. The molecule has 0 radical (unpaired) electrons. The van der Waals surface area contributed by atoms with Crippen LogP contribution in [0, 0.1) is 0 Å². The summed E-state index contributed by atoms with van der Waals surface area (Å²) in [6.07, 6.45) is -7.46. The van der Waals surface area contributed by atoms with Crippen LogP contribution in [0.5, 0.6) is 0 Å². The first kappa shape index (κ1) is 30.2. The van der Waals surface area contributed by atoms with E-state index in [4.69, 9.17) is 13.3 Å². The Bertz CT molecular complexity index is 577. The van der Waals surface area contributed by atoms with Crippen molar-refractivity contribution < 1.29 is 70.4 Å². The third-order valence-corrected chi connectivity index (χ3v) is 7.56. The molecule has 1 unspecified atom stereocenters. The highest BCUT2D eigenvalue weighted by atomic mass is 28.4. The number of rotatable bonds is 12. The Morgan fingerprint density at radius 2 is 0.839 bits per heavy atom. The second-order valence-corrected chi connectivity index (χ2v) is 8.98. The average molecular weight is 510 g/mol. The van der Waals surface area contributed by atoms with E-state index in [2.05, 4.69) is 0 Å². The molecule has 0 aliphatic heterocycles. The van der Waals surface area contributed by atoms with Gasteiger partial charge in [-0.25, -0.2) is 0 Å². The normalized spacial score (nSPS) is 16.5. The molecule has 0 aromatic rings. The number of hydrogen-bond acceptors (Lipinski definition) is 3. The fourth-order valence-corrected chi connectivity index (χ4v) is 5.21. The quantitative estimate of drug-likeness (QED) is 0.233. The Hall–Kier alpha value is -0.813. The summed E-state index contributed by atoms with van der Waals surface area (Å²) in [5.74, 6) is -37.4. The minimum atomic E-state index is -7.96. The van der Waals surface area contributed by atoms with Gasteiger partial charge in [0, 0.05) is 19.8 Å². The molecular weight excluding hydrogens is 491 g/mol. The number of halogens is 13. The third kappa shape index (κ3) is 4.64. The Morgan fingerprint density at radius 1 is 0.548 bits per heavy atom. The van der Waals surface area contributed by atoms with Crippen molar-refractivity contribution in [1.29, 1.82) is 0 Å². The number of hydrogen-bond donors (Lipinski definition) is 0. The van der Waals surface area contributed by atoms with Crippen LogP contribution in [0.4, 0.5) is 57.1 Å². The van der Waals surface area contributed by atoms with Crippen LogP contribution >= 0.6 is 0 Å². The van der Waals surface area contributed by atoms with Gasteiger partial charge in [-0.3, -0.25) is 0 Å². The van der Waals surface area contributed by atoms with Crippen molar-refractivity contribution in [3.05, 3.63) is 0 Å². The van der Waals surface area contributed by atoms with Crippen LogP contribution in [0.25, 0.3) is 0 Å². The maximum absolute atomic E-state index is 14.5. The van der Waals surface area contributed by atoms with Gasteiger partial charge in [0.05, 0.1) is 5.54 Å². The van der Waals surface area contributed by atoms with Crippen LogP contribution in [-0.2, 0) is 13.3 Å². The van der Waals surface area contributed by atoms with E-state index >= 15 is 0 Å². The molecule has 0 saturated heterocycles. The number of alkyl halides is 13. The first-order valence-electron chi connectivity index (χ1n) is 8.46. The SMILES string of the molecule is CCO[Si](OCC)(OCC)C(C)C(F)(F)C(F)(F)C(F)(F)C(F)(F)C(F)(F)C(F)(F)F. The smallest absolute Gasteiger partial charge is 0.373 e. The van der Waals surface area contributed by atoms with Gasteiger partial charge in [-0.15, -0.1) is 0 Å². The van der Waals surface area contributed by atoms with E-state index in [1.54, 1.807) is 0 Å². The van der Waals surface area contributed by atoms with E-state index in [0.29, 0.717) is 0 Å². The van der Waals surface area contributed by atoms with E-state index < -0.39 is 70.0 Å². The fraction of sp³-hybridized carbons (Fsp3) is 1.00. The van der Waals surface area contributed by atoms with E-state index in [9.17, 15) is 57.1 Å². The summed E-state index contributed by atoms with van der Waals surface area (Å²) in [6.45, 7) is 1.72. The van der Waals surface area contributed by atoms with Gasteiger partial charge in [-0.05, 0) is 20.8 Å². The van der Waals surface area contributed by atoms with Gasteiger partial charge in [-0.2, -0.15) is 57.1 Å². The maximum Gasteiger partial charge on any atom is 0.510 e. The van der Waals surface area contributed by atoms with Crippen molar-refractivity contribution in [3.63, 3.8) is 0 Å². The monoisotopic (exact) mass is 510 g/mol. The molecule has 31 heavy (non-hydrogen) atoms. The fourth-order valence-electron chi connectivity index (χ4n) is 2.38. The molecule has 1 atom stereocenters. The van der Waals surface area contributed by atoms with Crippen LogP contribution in [0.2, 0.25) is 5.54 Å². The molecule has 0 aliphatic carbocycles. The van der Waals surface area contributed by atoms with Gasteiger partial charge in [-0.1, -0.05) is 6.92 Å². The van der Waals surface area contributed by atoms with Gasteiger partial charge in [0.15, 0.2) is 0 Å². The van der Waals surface area contributed by atoms with Crippen LogP contribution in [0.15, 0.2) is 0 Å². The molecule has 17 heteroatoms. The lowest BCUT2D eigenvalue weighted by Gasteiger charge is -2.44. The molecule has 0 N–H and O–H groups in total. The van der Waals surface area contributed by atoms with Crippen molar-refractivity contribution in [1.82, 2.24) is 0 Å². The lowest BCUT2D eigenvalue weighted by molar-refractivity contribution is -0.440. The summed E-state index contributed by atoms with van der Waals surface area (Å²) in [6, 6.07) is 0. The zero-order chi connectivity index (χ0) is 25.3. The van der Waals surface area contributed by atoms with Gasteiger partial charge >= 0.3 is 44.6 Å². The highest BCUT2D eigenvalue weighted by Crippen LogP contribution is 2.62. The van der Waals surface area contributed by atoms with Crippen molar-refractivity contribution in [2.45, 2.75) is 69.0 Å². The van der Waals surface area contributed by atoms with Crippen LogP contribution < -0.4 is 0 Å². The second kappa shape index (κ2) is 9.21. The zero-order valence-electron chi connectivity index (χ0n) is 16.3. The predicted octanol–water partition coefficient (Wildman–Crippen LogP) is 6.16. The third-order valence-electron chi connectivity index (χ3n) is 4.07. The van der Waals surface area contributed by atoms with E-state index in [1.807, 2.05) is 0 Å². The summed E-state index contributed by atoms with van der Waals surface area (Å²) >= 11 is 0. The van der Waals surface area contributed by atoms with Gasteiger partial charge in [0.1, 0.15) is 0 Å². The Kier molecular flexibility index (Phi) is 8.97. The maximum atomic E-state index is 14.5. The highest BCUT2D eigenvalue weighted by Gasteiger charge is 2.92. The summed E-state index contributed by atoms with van der Waals surface area (Å²) in [7, 11) is -5.08. The molecular formula is C14H19F13O3Si. The average Bonchev–Trinajstić information content (AvgIpc) is 2.59. The van der Waals surface area contributed by atoms with E-state index in [0.717, 1.165) is 20.8 Å². The van der Waals surface area contributed by atoms with E-state index in [-0.39, 0.29) is 6.92 Å². The molecule has 0 bridgehead atoms. The summed E-state index contributed by atoms with van der Waals surface area (Å²) in [5.41, 5.74) is -3.27. The molecule has 0 rings (SSSR count). The van der Waals surface area contributed by atoms with Gasteiger partial charge in [0.25, 0.3) is 0 Å². The van der Waals surface area contributed by atoms with Crippen LogP contribution in [0.1, 0.15) is 27.7 Å². The summed E-state index contributed by atoms with van der Waals surface area (Å²) < 4.78 is 188. The molecule has 0 amide bonds. The highest BCUT2D eigenvalue weighted by molar-refractivity contribution is 6.62. The molecule has 0 saturated carbocycles. The zero-order valence-corrected chi connectivity index (χ0v) is 17.3. The molecule has 3 nitrogen and oxygen atoms in total. The predicted molar refractivity (Wildman–Crippen MR) is 80.8 cm³/mol. The molecule has 0 heterocycles. The van der Waals surface area contributed by atoms with Crippen molar-refractivity contribution in [2.75, 3.05) is 19.8 Å². The van der Waals surface area contributed by atoms with Crippen molar-refractivity contribution in [3.8, 4) is 0 Å². The first-order valence-corrected chi connectivity index (χ1v) is 10.3.